The number of rotatable bonds is 6. The largest absolute Gasteiger partial charge is 0.441 e. The number of nitrogens with one attached hydrogen (secondary N) is 1. The van der Waals surface area contributed by atoms with Crippen molar-refractivity contribution in [1.82, 2.24) is 5.16 Å². The lowest BCUT2D eigenvalue weighted by Crippen LogP contribution is -2.12. The molecular weight excluding hydrogens is 344 g/mol. The summed E-state index contributed by atoms with van der Waals surface area (Å²) in [5.74, 6) is -0.834. The first-order valence-electron chi connectivity index (χ1n) is 7.67. The molecule has 3 N–H and O–H groups in total. The number of nitrogens with two attached hydrogens (primary N) is 1. The number of benzene rings is 2. The van der Waals surface area contributed by atoms with E-state index in [2.05, 4.69) is 15.2 Å². The Kier molecular flexibility index (Phi) is 5.12. The SMILES string of the molecule is NC(=O)OCc1cc(-c2ccc(NCc3ccc(F)cc3F)cc2)no1. The molecule has 0 unspecified atom stereocenters. The molecule has 1 heterocycles. The first-order chi connectivity index (χ1) is 12.5. The molecule has 1 amide bonds. The van der Waals surface area contributed by atoms with Crippen LogP contribution in [0.15, 0.2) is 53.1 Å². The summed E-state index contributed by atoms with van der Waals surface area (Å²) >= 11 is 0. The minimum absolute atomic E-state index is 0.0921. The average Bonchev–Trinajstić information content (AvgIpc) is 3.09. The van der Waals surface area contributed by atoms with E-state index in [0.717, 1.165) is 17.3 Å². The van der Waals surface area contributed by atoms with E-state index in [0.29, 0.717) is 17.0 Å². The molecule has 3 aromatic rings. The van der Waals surface area contributed by atoms with Crippen molar-refractivity contribution >= 4 is 11.8 Å². The maximum atomic E-state index is 13.6. The Morgan fingerprint density at radius 1 is 1.15 bits per heavy atom. The number of halogens is 2. The van der Waals surface area contributed by atoms with Crippen LogP contribution in [0, 0.1) is 11.6 Å². The molecule has 0 fully saturated rings. The van der Waals surface area contributed by atoms with Crippen LogP contribution in [0.2, 0.25) is 0 Å². The molecule has 0 bridgehead atoms. The zero-order chi connectivity index (χ0) is 18.5. The molecule has 2 aromatic carbocycles. The van der Waals surface area contributed by atoms with Gasteiger partial charge in [-0.15, -0.1) is 0 Å². The molecule has 0 atom stereocenters. The summed E-state index contributed by atoms with van der Waals surface area (Å²) in [4.78, 5) is 10.6. The van der Waals surface area contributed by atoms with Crippen LogP contribution in [-0.4, -0.2) is 11.2 Å². The van der Waals surface area contributed by atoms with Crippen molar-refractivity contribution in [3.63, 3.8) is 0 Å². The zero-order valence-electron chi connectivity index (χ0n) is 13.5. The highest BCUT2D eigenvalue weighted by Crippen LogP contribution is 2.22. The van der Waals surface area contributed by atoms with E-state index in [9.17, 15) is 13.6 Å². The first-order valence-corrected chi connectivity index (χ1v) is 7.67. The molecule has 0 aliphatic heterocycles. The molecule has 134 valence electrons. The minimum atomic E-state index is -0.893. The van der Waals surface area contributed by atoms with Gasteiger partial charge >= 0.3 is 6.09 Å². The molecule has 26 heavy (non-hydrogen) atoms. The van der Waals surface area contributed by atoms with Gasteiger partial charge in [-0.25, -0.2) is 13.6 Å². The van der Waals surface area contributed by atoms with Gasteiger partial charge in [0.05, 0.1) is 0 Å². The quantitative estimate of drug-likeness (QED) is 0.698. The van der Waals surface area contributed by atoms with Gasteiger partial charge in [0.15, 0.2) is 12.4 Å². The minimum Gasteiger partial charge on any atom is -0.441 e. The molecule has 0 spiro atoms. The summed E-state index contributed by atoms with van der Waals surface area (Å²) in [6.07, 6.45) is -0.893. The van der Waals surface area contributed by atoms with Gasteiger partial charge in [0.25, 0.3) is 0 Å². The number of hydrogen-bond acceptors (Lipinski definition) is 5. The molecule has 1 aromatic heterocycles. The van der Waals surface area contributed by atoms with Crippen molar-refractivity contribution in [1.29, 1.82) is 0 Å². The molecule has 8 heteroatoms. The highest BCUT2D eigenvalue weighted by Gasteiger charge is 2.08. The van der Waals surface area contributed by atoms with Crippen LogP contribution < -0.4 is 11.1 Å². The van der Waals surface area contributed by atoms with Crippen LogP contribution in [0.25, 0.3) is 11.3 Å². The molecule has 3 rings (SSSR count). The molecule has 0 saturated heterocycles. The van der Waals surface area contributed by atoms with E-state index in [1.54, 1.807) is 30.3 Å². The third kappa shape index (κ3) is 4.35. The smallest absolute Gasteiger partial charge is 0.404 e. The van der Waals surface area contributed by atoms with E-state index in [1.807, 2.05) is 0 Å². The summed E-state index contributed by atoms with van der Waals surface area (Å²) < 4.78 is 36.2. The van der Waals surface area contributed by atoms with Gasteiger partial charge in [-0.3, -0.25) is 0 Å². The Labute approximate surface area is 147 Å². The van der Waals surface area contributed by atoms with Crippen LogP contribution in [0.4, 0.5) is 19.3 Å². The van der Waals surface area contributed by atoms with Crippen LogP contribution in [0.1, 0.15) is 11.3 Å². The standard InChI is InChI=1S/C18H15F2N3O3/c19-13-4-1-12(16(20)7-13)9-22-14-5-2-11(3-6-14)17-8-15(26-23-17)10-25-18(21)24/h1-8,22H,9-10H2,(H2,21,24). The number of aromatic nitrogens is 1. The summed E-state index contributed by atoms with van der Waals surface area (Å²) in [6.45, 7) is 0.134. The van der Waals surface area contributed by atoms with Crippen molar-refractivity contribution < 1.29 is 22.8 Å². The van der Waals surface area contributed by atoms with Crippen molar-refractivity contribution in [2.75, 3.05) is 5.32 Å². The molecular formula is C18H15F2N3O3. The number of nitrogens with zero attached hydrogens (tertiary/aromatic N) is 1. The summed E-state index contributed by atoms with van der Waals surface area (Å²) in [5.41, 5.74) is 7.38. The second-order valence-corrected chi connectivity index (χ2v) is 5.45. The van der Waals surface area contributed by atoms with E-state index in [1.165, 1.54) is 12.1 Å². The second-order valence-electron chi connectivity index (χ2n) is 5.45. The van der Waals surface area contributed by atoms with E-state index in [4.69, 9.17) is 10.3 Å². The lowest BCUT2D eigenvalue weighted by atomic mass is 10.1. The molecule has 0 radical (unpaired) electrons. The normalized spacial score (nSPS) is 10.5. The van der Waals surface area contributed by atoms with Gasteiger partial charge in [0, 0.05) is 35.5 Å². The Morgan fingerprint density at radius 3 is 2.62 bits per heavy atom. The van der Waals surface area contributed by atoms with E-state index >= 15 is 0 Å². The average molecular weight is 359 g/mol. The highest BCUT2D eigenvalue weighted by atomic mass is 19.1. The van der Waals surface area contributed by atoms with Crippen LogP contribution in [0.3, 0.4) is 0 Å². The van der Waals surface area contributed by atoms with Gasteiger partial charge in [0.2, 0.25) is 0 Å². The number of carbonyl (C=O) groups is 1. The highest BCUT2D eigenvalue weighted by molar-refractivity contribution is 5.65. The summed E-state index contributed by atoms with van der Waals surface area (Å²) in [5, 5.41) is 6.96. The van der Waals surface area contributed by atoms with Gasteiger partial charge in [-0.1, -0.05) is 23.4 Å². The monoisotopic (exact) mass is 359 g/mol. The molecule has 0 aliphatic rings. The Balaban J connectivity index is 1.62. The first kappa shape index (κ1) is 17.4. The second kappa shape index (κ2) is 7.64. The summed E-state index contributed by atoms with van der Waals surface area (Å²) in [6, 6.07) is 12.3. The Morgan fingerprint density at radius 2 is 1.92 bits per heavy atom. The number of amides is 1. The lowest BCUT2D eigenvalue weighted by Gasteiger charge is -2.08. The van der Waals surface area contributed by atoms with Crippen LogP contribution in [-0.2, 0) is 17.9 Å². The number of primary amides is 1. The molecule has 0 saturated carbocycles. The number of carbonyl (C=O) groups excluding carboxylic acids is 1. The fraction of sp³-hybridized carbons (Fsp3) is 0.111. The van der Waals surface area contributed by atoms with Gasteiger partial charge < -0.3 is 20.3 Å². The predicted octanol–water partition coefficient (Wildman–Crippen LogP) is 3.83. The third-order valence-electron chi connectivity index (χ3n) is 3.59. The van der Waals surface area contributed by atoms with Crippen LogP contribution in [0.5, 0.6) is 0 Å². The van der Waals surface area contributed by atoms with Crippen LogP contribution >= 0.6 is 0 Å². The lowest BCUT2D eigenvalue weighted by molar-refractivity contribution is 0.137. The topological polar surface area (TPSA) is 90.4 Å². The molecule has 6 nitrogen and oxygen atoms in total. The number of ether oxygens (including phenoxy) is 1. The Bertz CT molecular complexity index is 910. The Hall–Kier alpha value is -3.42. The van der Waals surface area contributed by atoms with Gasteiger partial charge in [-0.2, -0.15) is 0 Å². The fourth-order valence-electron chi connectivity index (χ4n) is 2.28. The maximum Gasteiger partial charge on any atom is 0.404 e. The van der Waals surface area contributed by atoms with E-state index in [-0.39, 0.29) is 13.2 Å². The number of anilines is 1. The fourth-order valence-corrected chi connectivity index (χ4v) is 2.28. The third-order valence-corrected chi connectivity index (χ3v) is 3.59. The zero-order valence-corrected chi connectivity index (χ0v) is 13.5. The molecule has 0 aliphatic carbocycles. The van der Waals surface area contributed by atoms with Gasteiger partial charge in [0.1, 0.15) is 17.3 Å². The summed E-state index contributed by atoms with van der Waals surface area (Å²) in [7, 11) is 0. The maximum absolute atomic E-state index is 13.6. The number of hydrogen-bond donors (Lipinski definition) is 2. The predicted molar refractivity (Wildman–Crippen MR) is 90.0 cm³/mol. The van der Waals surface area contributed by atoms with Crippen molar-refractivity contribution in [2.45, 2.75) is 13.2 Å². The van der Waals surface area contributed by atoms with Crippen molar-refractivity contribution in [3.8, 4) is 11.3 Å². The van der Waals surface area contributed by atoms with E-state index < -0.39 is 17.7 Å². The van der Waals surface area contributed by atoms with Crippen molar-refractivity contribution in [3.05, 3.63) is 71.5 Å². The van der Waals surface area contributed by atoms with Crippen molar-refractivity contribution in [2.24, 2.45) is 5.73 Å². The van der Waals surface area contributed by atoms with Gasteiger partial charge in [-0.05, 0) is 18.2 Å².